The SMILES string of the molecule is CC/C=C\C/C=C\C/C=C\C(CCCCCCC(=O)NC(CCCN)C(=O)O)OC(=O)CCCCCCCCCCC/C=C\C/C=C\CCCCC. The lowest BCUT2D eigenvalue weighted by molar-refractivity contribution is -0.147. The molecule has 0 spiro atoms. The summed E-state index contributed by atoms with van der Waals surface area (Å²) in [5.74, 6) is -1.37. The van der Waals surface area contributed by atoms with E-state index in [1.165, 1.54) is 77.0 Å². The molecule has 0 rings (SSSR count). The Kier molecular flexibility index (Phi) is 37.1. The number of rotatable bonds is 37. The van der Waals surface area contributed by atoms with Gasteiger partial charge in [0.15, 0.2) is 0 Å². The summed E-state index contributed by atoms with van der Waals surface area (Å²) >= 11 is 0. The molecule has 4 N–H and O–H groups in total. The first-order valence-electron chi connectivity index (χ1n) is 21.1. The lowest BCUT2D eigenvalue weighted by Crippen LogP contribution is -2.40. The Morgan fingerprint density at radius 2 is 1.12 bits per heavy atom. The monoisotopic (exact) mass is 727 g/mol. The predicted octanol–water partition coefficient (Wildman–Crippen LogP) is 11.8. The molecule has 0 bridgehead atoms. The van der Waals surface area contributed by atoms with Crippen LogP contribution in [-0.2, 0) is 19.1 Å². The molecule has 0 aromatic rings. The van der Waals surface area contributed by atoms with E-state index in [9.17, 15) is 19.5 Å². The van der Waals surface area contributed by atoms with Crippen molar-refractivity contribution < 1.29 is 24.2 Å². The Morgan fingerprint density at radius 1 is 0.596 bits per heavy atom. The summed E-state index contributed by atoms with van der Waals surface area (Å²) in [4.78, 5) is 36.3. The molecule has 0 aromatic heterocycles. The first-order chi connectivity index (χ1) is 25.4. The van der Waals surface area contributed by atoms with Crippen LogP contribution in [0.25, 0.3) is 0 Å². The summed E-state index contributed by atoms with van der Waals surface area (Å²) in [7, 11) is 0. The number of aliphatic carboxylic acids is 1. The van der Waals surface area contributed by atoms with Gasteiger partial charge >= 0.3 is 11.9 Å². The van der Waals surface area contributed by atoms with Gasteiger partial charge < -0.3 is 20.9 Å². The maximum absolute atomic E-state index is 12.7. The number of hydrogen-bond donors (Lipinski definition) is 3. The third-order valence-electron chi connectivity index (χ3n) is 9.05. The first kappa shape index (κ1) is 49.1. The van der Waals surface area contributed by atoms with E-state index in [1.807, 2.05) is 6.08 Å². The fourth-order valence-corrected chi connectivity index (χ4v) is 5.88. The van der Waals surface area contributed by atoms with Crippen LogP contribution in [0.1, 0.15) is 187 Å². The topological polar surface area (TPSA) is 119 Å². The quantitative estimate of drug-likeness (QED) is 0.0333. The number of nitrogens with one attached hydrogen (secondary N) is 1. The zero-order chi connectivity index (χ0) is 38.2. The Bertz CT molecular complexity index is 1000. The number of carbonyl (C=O) groups excluding carboxylic acids is 2. The van der Waals surface area contributed by atoms with Crippen molar-refractivity contribution in [2.24, 2.45) is 5.73 Å². The Hall–Kier alpha value is -2.93. The third-order valence-corrected chi connectivity index (χ3v) is 9.05. The van der Waals surface area contributed by atoms with Gasteiger partial charge in [-0.25, -0.2) is 4.79 Å². The van der Waals surface area contributed by atoms with Crippen LogP contribution in [0.2, 0.25) is 0 Å². The van der Waals surface area contributed by atoms with Crippen LogP contribution >= 0.6 is 0 Å². The summed E-state index contributed by atoms with van der Waals surface area (Å²) < 4.78 is 5.89. The summed E-state index contributed by atoms with van der Waals surface area (Å²) in [5, 5.41) is 11.9. The number of carboxylic acids is 1. The lowest BCUT2D eigenvalue weighted by Gasteiger charge is -2.15. The van der Waals surface area contributed by atoms with Crippen LogP contribution in [0.5, 0.6) is 0 Å². The van der Waals surface area contributed by atoms with E-state index >= 15 is 0 Å². The summed E-state index contributed by atoms with van der Waals surface area (Å²) in [6.07, 6.45) is 48.6. The molecule has 0 aliphatic carbocycles. The predicted molar refractivity (Wildman–Crippen MR) is 220 cm³/mol. The number of ether oxygens (including phenoxy) is 1. The highest BCUT2D eigenvalue weighted by Gasteiger charge is 2.19. The smallest absolute Gasteiger partial charge is 0.326 e. The second-order valence-corrected chi connectivity index (χ2v) is 14.0. The second kappa shape index (κ2) is 39.3. The maximum Gasteiger partial charge on any atom is 0.326 e. The maximum atomic E-state index is 12.7. The number of nitrogens with two attached hydrogens (primary N) is 1. The minimum atomic E-state index is -1.02. The molecule has 0 saturated carbocycles. The summed E-state index contributed by atoms with van der Waals surface area (Å²) in [5.41, 5.74) is 5.48. The number of carboxylic acid groups (broad SMARTS) is 1. The van der Waals surface area contributed by atoms with Gasteiger partial charge in [-0.1, -0.05) is 139 Å². The molecule has 298 valence electrons. The van der Waals surface area contributed by atoms with E-state index in [1.54, 1.807) is 0 Å². The van der Waals surface area contributed by atoms with E-state index in [-0.39, 0.29) is 18.0 Å². The van der Waals surface area contributed by atoms with Gasteiger partial charge in [-0.2, -0.15) is 0 Å². The standard InChI is InChI=1S/C45H78N2O5/c1-3-5-7-9-11-13-14-15-16-17-18-19-20-21-22-23-25-27-33-39-44(49)52-41(35-30-26-24-12-10-8-6-4-2)36-31-28-29-32-38-43(48)47-42(45(50)51)37-34-40-46/h6,8,11-13,15-16,24,30,35,41-42H,3-5,7,9-10,14,17-23,25-29,31-34,36-40,46H2,1-2H3,(H,47,48)(H,50,51)/b8-6-,13-11-,16-15-,24-12-,35-30-. The van der Waals surface area contributed by atoms with Gasteiger partial charge in [0.05, 0.1) is 0 Å². The molecule has 7 nitrogen and oxygen atoms in total. The Labute approximate surface area is 319 Å². The summed E-state index contributed by atoms with van der Waals surface area (Å²) in [6, 6.07) is -0.878. The normalized spacial score (nSPS) is 13.3. The molecule has 0 saturated heterocycles. The Balaban J connectivity index is 4.26. The number of hydrogen-bond acceptors (Lipinski definition) is 5. The van der Waals surface area contributed by atoms with E-state index in [0.29, 0.717) is 38.6 Å². The van der Waals surface area contributed by atoms with Crippen molar-refractivity contribution in [3.63, 3.8) is 0 Å². The third kappa shape index (κ3) is 35.5. The molecule has 0 radical (unpaired) electrons. The molecule has 2 atom stereocenters. The van der Waals surface area contributed by atoms with Crippen molar-refractivity contribution in [3.05, 3.63) is 60.8 Å². The van der Waals surface area contributed by atoms with Gasteiger partial charge in [0, 0.05) is 12.8 Å². The highest BCUT2D eigenvalue weighted by Crippen LogP contribution is 2.15. The average molecular weight is 727 g/mol. The van der Waals surface area contributed by atoms with E-state index in [4.69, 9.17) is 10.5 Å². The molecule has 0 aliphatic rings. The van der Waals surface area contributed by atoms with Gasteiger partial charge in [-0.15, -0.1) is 0 Å². The molecule has 0 heterocycles. The fourth-order valence-electron chi connectivity index (χ4n) is 5.88. The van der Waals surface area contributed by atoms with Crippen LogP contribution in [0.4, 0.5) is 0 Å². The van der Waals surface area contributed by atoms with Crippen LogP contribution in [-0.4, -0.2) is 41.6 Å². The van der Waals surface area contributed by atoms with Crippen LogP contribution in [0, 0.1) is 0 Å². The van der Waals surface area contributed by atoms with Crippen LogP contribution in [0.15, 0.2) is 60.8 Å². The number of unbranched alkanes of at least 4 members (excludes halogenated alkanes) is 15. The minimum absolute atomic E-state index is 0.119. The van der Waals surface area contributed by atoms with Crippen molar-refractivity contribution >= 4 is 17.8 Å². The molecular weight excluding hydrogens is 649 g/mol. The molecule has 0 fully saturated rings. The molecule has 0 aromatic carbocycles. The molecule has 7 heteroatoms. The number of esters is 1. The van der Waals surface area contributed by atoms with E-state index < -0.39 is 12.0 Å². The van der Waals surface area contributed by atoms with E-state index in [2.05, 4.69) is 73.8 Å². The highest BCUT2D eigenvalue weighted by molar-refractivity contribution is 5.83. The fraction of sp³-hybridized carbons (Fsp3) is 0.711. The largest absolute Gasteiger partial charge is 0.480 e. The van der Waals surface area contributed by atoms with Gasteiger partial charge in [0.2, 0.25) is 5.91 Å². The van der Waals surface area contributed by atoms with Gasteiger partial charge in [0.1, 0.15) is 12.1 Å². The van der Waals surface area contributed by atoms with E-state index in [0.717, 1.165) is 64.2 Å². The number of allylic oxidation sites excluding steroid dienone is 9. The van der Waals surface area contributed by atoms with Crippen LogP contribution < -0.4 is 11.1 Å². The van der Waals surface area contributed by atoms with Crippen molar-refractivity contribution in [1.82, 2.24) is 5.32 Å². The highest BCUT2D eigenvalue weighted by atomic mass is 16.5. The Morgan fingerprint density at radius 3 is 1.71 bits per heavy atom. The van der Waals surface area contributed by atoms with Crippen molar-refractivity contribution in [2.75, 3.05) is 6.54 Å². The molecule has 0 aliphatic heterocycles. The lowest BCUT2D eigenvalue weighted by atomic mass is 10.1. The molecule has 2 unspecified atom stereocenters. The zero-order valence-electron chi connectivity index (χ0n) is 33.4. The molecule has 1 amide bonds. The van der Waals surface area contributed by atoms with Crippen molar-refractivity contribution in [3.8, 4) is 0 Å². The molecule has 52 heavy (non-hydrogen) atoms. The number of amides is 1. The van der Waals surface area contributed by atoms with Crippen LogP contribution in [0.3, 0.4) is 0 Å². The van der Waals surface area contributed by atoms with Crippen molar-refractivity contribution in [1.29, 1.82) is 0 Å². The van der Waals surface area contributed by atoms with Crippen molar-refractivity contribution in [2.45, 2.75) is 199 Å². The zero-order valence-corrected chi connectivity index (χ0v) is 33.4. The average Bonchev–Trinajstić information content (AvgIpc) is 3.13. The van der Waals surface area contributed by atoms with Gasteiger partial charge in [-0.05, 0) is 103 Å². The van der Waals surface area contributed by atoms with Gasteiger partial charge in [-0.3, -0.25) is 9.59 Å². The second-order valence-electron chi connectivity index (χ2n) is 14.0. The first-order valence-corrected chi connectivity index (χ1v) is 21.1. The summed E-state index contributed by atoms with van der Waals surface area (Å²) in [6.45, 7) is 4.77. The van der Waals surface area contributed by atoms with Gasteiger partial charge in [0.25, 0.3) is 0 Å². The number of carbonyl (C=O) groups is 3. The minimum Gasteiger partial charge on any atom is -0.480 e. The molecular formula is C45H78N2O5.